The lowest BCUT2D eigenvalue weighted by Gasteiger charge is -2.33. The number of rotatable bonds is 4. The van der Waals surface area contributed by atoms with Gasteiger partial charge in [-0.05, 0) is 31.0 Å². The Morgan fingerprint density at radius 1 is 1.33 bits per heavy atom. The van der Waals surface area contributed by atoms with Gasteiger partial charge in [0, 0.05) is 36.8 Å². The van der Waals surface area contributed by atoms with Gasteiger partial charge in [0.15, 0.2) is 5.84 Å². The van der Waals surface area contributed by atoms with Crippen molar-refractivity contribution < 1.29 is 17.9 Å². The number of nitrogens with two attached hydrogens (primary N) is 1. The van der Waals surface area contributed by atoms with Crippen molar-refractivity contribution in [3.05, 3.63) is 58.0 Å². The third kappa shape index (κ3) is 4.15. The van der Waals surface area contributed by atoms with E-state index in [1.165, 1.54) is 12.3 Å². The van der Waals surface area contributed by atoms with E-state index in [1.54, 1.807) is 29.2 Å². The molecule has 1 atom stereocenters. The number of hydrogen-bond acceptors (Lipinski definition) is 6. The molecule has 1 unspecified atom stereocenters. The maximum atomic E-state index is 12.7. The second kappa shape index (κ2) is 7.82. The summed E-state index contributed by atoms with van der Waals surface area (Å²) in [6.07, 6.45) is 3.16. The van der Waals surface area contributed by atoms with Gasteiger partial charge >= 0.3 is 10.2 Å². The summed E-state index contributed by atoms with van der Waals surface area (Å²) in [7, 11) is -3.86. The van der Waals surface area contributed by atoms with Crippen molar-refractivity contribution in [2.24, 2.45) is 16.0 Å². The minimum absolute atomic E-state index is 0.0824. The van der Waals surface area contributed by atoms with Crippen molar-refractivity contribution in [2.45, 2.75) is 12.8 Å². The molecule has 1 amide bonds. The molecule has 2 aliphatic rings. The number of aromatic nitrogens is 1. The van der Waals surface area contributed by atoms with Crippen molar-refractivity contribution in [3.8, 4) is 5.75 Å². The van der Waals surface area contributed by atoms with E-state index in [9.17, 15) is 18.0 Å². The average molecular weight is 431 g/mol. The van der Waals surface area contributed by atoms with Crippen LogP contribution < -0.4 is 20.8 Å². The molecule has 1 fully saturated rings. The number of H-pyrrole nitrogens is 1. The van der Waals surface area contributed by atoms with Gasteiger partial charge < -0.3 is 20.4 Å². The molecule has 4 rings (SSSR count). The highest BCUT2D eigenvalue weighted by Gasteiger charge is 2.27. The molecule has 0 bridgehead atoms. The summed E-state index contributed by atoms with van der Waals surface area (Å²) in [6, 6.07) is 7.83. The lowest BCUT2D eigenvalue weighted by molar-refractivity contribution is 0.0633. The van der Waals surface area contributed by atoms with Crippen LogP contribution in [0, 0.1) is 5.92 Å². The second-order valence-electron chi connectivity index (χ2n) is 7.24. The van der Waals surface area contributed by atoms with Crippen molar-refractivity contribution in [3.63, 3.8) is 0 Å². The Balaban J connectivity index is 1.45. The van der Waals surface area contributed by atoms with Gasteiger partial charge in [-0.1, -0.05) is 6.07 Å². The Morgan fingerprint density at radius 3 is 2.97 bits per heavy atom. The van der Waals surface area contributed by atoms with E-state index in [0.29, 0.717) is 42.3 Å². The lowest BCUT2D eigenvalue weighted by Crippen LogP contribution is -2.42. The van der Waals surface area contributed by atoms with Gasteiger partial charge in [-0.2, -0.15) is 8.42 Å². The predicted molar refractivity (Wildman–Crippen MR) is 111 cm³/mol. The molecule has 4 N–H and O–H groups in total. The number of carbonyl (C=O) groups excluding carboxylic acids is 1. The third-order valence-electron chi connectivity index (χ3n) is 5.04. The number of nitrogens with zero attached hydrogens (tertiary/aromatic N) is 2. The van der Waals surface area contributed by atoms with E-state index in [-0.39, 0.29) is 23.2 Å². The SMILES string of the molecule is NC1=NS(=O)(=O)Nc2cccc(OCC3CCCN(C(=O)c4cc[nH]c(=O)c4)C3)c21. The quantitative estimate of drug-likeness (QED) is 0.649. The molecule has 2 aliphatic heterocycles. The Morgan fingerprint density at radius 2 is 2.17 bits per heavy atom. The fourth-order valence-corrected chi connectivity index (χ4v) is 4.53. The van der Waals surface area contributed by atoms with E-state index in [0.717, 1.165) is 12.8 Å². The minimum Gasteiger partial charge on any atom is -0.492 e. The summed E-state index contributed by atoms with van der Waals surface area (Å²) in [4.78, 5) is 28.4. The molecule has 0 saturated carbocycles. The first-order valence-electron chi connectivity index (χ1n) is 9.45. The molecule has 1 aromatic heterocycles. The number of likely N-dealkylation sites (tertiary alicyclic amines) is 1. The summed E-state index contributed by atoms with van der Waals surface area (Å²) in [5, 5.41) is 0. The molecule has 0 radical (unpaired) electrons. The maximum Gasteiger partial charge on any atom is 0.344 e. The highest BCUT2D eigenvalue weighted by atomic mass is 32.2. The molecule has 1 saturated heterocycles. The monoisotopic (exact) mass is 431 g/mol. The standard InChI is InChI=1S/C19H21N5O5S/c20-18-17-14(22-30(27,28)23-18)4-1-5-15(17)29-11-12-3-2-8-24(10-12)19(26)13-6-7-21-16(25)9-13/h1,4-7,9,12,22H,2-3,8,10-11H2,(H2,20,23)(H,21,25). The molecule has 11 heteroatoms. The van der Waals surface area contributed by atoms with Crippen molar-refractivity contribution in [2.75, 3.05) is 24.4 Å². The average Bonchev–Trinajstić information content (AvgIpc) is 2.70. The summed E-state index contributed by atoms with van der Waals surface area (Å²) in [5.74, 6) is 0.191. The third-order valence-corrected chi connectivity index (χ3v) is 5.96. The van der Waals surface area contributed by atoms with Crippen LogP contribution in [0.2, 0.25) is 0 Å². The number of carbonyl (C=O) groups is 1. The van der Waals surface area contributed by atoms with E-state index in [2.05, 4.69) is 14.1 Å². The van der Waals surface area contributed by atoms with Gasteiger partial charge in [0.25, 0.3) is 5.91 Å². The number of amidine groups is 1. The van der Waals surface area contributed by atoms with Gasteiger partial charge in [-0.3, -0.25) is 14.3 Å². The van der Waals surface area contributed by atoms with E-state index in [1.807, 2.05) is 0 Å². The molecule has 158 valence electrons. The molecule has 3 heterocycles. The van der Waals surface area contributed by atoms with Crippen LogP contribution in [0.15, 0.2) is 45.7 Å². The van der Waals surface area contributed by atoms with Crippen LogP contribution >= 0.6 is 0 Å². The largest absolute Gasteiger partial charge is 0.492 e. The number of aromatic amines is 1. The van der Waals surface area contributed by atoms with Crippen LogP contribution in [-0.2, 0) is 10.2 Å². The predicted octanol–water partition coefficient (Wildman–Crippen LogP) is 0.682. The highest BCUT2D eigenvalue weighted by molar-refractivity contribution is 7.91. The van der Waals surface area contributed by atoms with Crippen LogP contribution in [0.5, 0.6) is 5.75 Å². The van der Waals surface area contributed by atoms with Gasteiger partial charge in [0.05, 0.1) is 17.9 Å². The molecule has 0 aliphatic carbocycles. The van der Waals surface area contributed by atoms with Gasteiger partial charge in [0.2, 0.25) is 5.56 Å². The summed E-state index contributed by atoms with van der Waals surface area (Å²) in [5.41, 5.74) is 6.59. The molecule has 1 aromatic carbocycles. The highest BCUT2D eigenvalue weighted by Crippen LogP contribution is 2.31. The molecule has 2 aromatic rings. The van der Waals surface area contributed by atoms with E-state index < -0.39 is 10.2 Å². The number of amides is 1. The van der Waals surface area contributed by atoms with E-state index >= 15 is 0 Å². The zero-order valence-electron chi connectivity index (χ0n) is 16.0. The maximum absolute atomic E-state index is 12.7. The zero-order valence-corrected chi connectivity index (χ0v) is 16.8. The number of hydrogen-bond donors (Lipinski definition) is 3. The van der Waals surface area contributed by atoms with Crippen LogP contribution in [0.1, 0.15) is 28.8 Å². The second-order valence-corrected chi connectivity index (χ2v) is 8.58. The Bertz CT molecular complexity index is 1170. The summed E-state index contributed by atoms with van der Waals surface area (Å²) < 4.78 is 35.2. The molecule has 30 heavy (non-hydrogen) atoms. The number of nitrogens with one attached hydrogen (secondary N) is 2. The van der Waals surface area contributed by atoms with Crippen molar-refractivity contribution in [1.29, 1.82) is 0 Å². The Hall–Kier alpha value is -3.34. The fourth-order valence-electron chi connectivity index (χ4n) is 3.69. The number of anilines is 1. The fraction of sp³-hybridized carbons (Fsp3) is 0.316. The number of ether oxygens (including phenoxy) is 1. The zero-order chi connectivity index (χ0) is 21.3. The normalized spacial score (nSPS) is 19.9. The summed E-state index contributed by atoms with van der Waals surface area (Å²) >= 11 is 0. The van der Waals surface area contributed by atoms with Gasteiger partial charge in [-0.15, -0.1) is 4.40 Å². The van der Waals surface area contributed by atoms with Crippen LogP contribution in [0.3, 0.4) is 0 Å². The Kier molecular flexibility index (Phi) is 5.20. The lowest BCUT2D eigenvalue weighted by atomic mass is 9.98. The minimum atomic E-state index is -3.86. The summed E-state index contributed by atoms with van der Waals surface area (Å²) in [6.45, 7) is 1.44. The van der Waals surface area contributed by atoms with Crippen molar-refractivity contribution in [1.82, 2.24) is 9.88 Å². The van der Waals surface area contributed by atoms with Crippen molar-refractivity contribution >= 4 is 27.6 Å². The first kappa shape index (κ1) is 20.0. The number of fused-ring (bicyclic) bond motifs is 1. The number of pyridine rings is 1. The van der Waals surface area contributed by atoms with Gasteiger partial charge in [-0.25, -0.2) is 0 Å². The van der Waals surface area contributed by atoms with Gasteiger partial charge in [0.1, 0.15) is 5.75 Å². The van der Waals surface area contributed by atoms with Crippen LogP contribution in [-0.4, -0.2) is 49.7 Å². The molecular weight excluding hydrogens is 410 g/mol. The molecule has 10 nitrogen and oxygen atoms in total. The smallest absolute Gasteiger partial charge is 0.344 e. The number of piperidine rings is 1. The molecule has 0 spiro atoms. The first-order chi connectivity index (χ1) is 14.3. The topological polar surface area (TPSA) is 147 Å². The first-order valence-corrected chi connectivity index (χ1v) is 10.9. The number of benzene rings is 1. The van der Waals surface area contributed by atoms with Crippen LogP contribution in [0.25, 0.3) is 0 Å². The molecular formula is C19H21N5O5S. The Labute approximate surface area is 172 Å². The van der Waals surface area contributed by atoms with E-state index in [4.69, 9.17) is 10.5 Å². The van der Waals surface area contributed by atoms with Crippen LogP contribution in [0.4, 0.5) is 5.69 Å².